The largest absolute Gasteiger partial charge is 0.437 e. The molecule has 3 aromatic rings. The van der Waals surface area contributed by atoms with E-state index in [1.807, 2.05) is 59.7 Å². The maximum Gasteiger partial charge on any atom is 0.437 e. The summed E-state index contributed by atoms with van der Waals surface area (Å²) in [5.74, 6) is -0.0959. The Kier molecular flexibility index (Phi) is 4.94. The zero-order valence-corrected chi connectivity index (χ0v) is 15.9. The van der Waals surface area contributed by atoms with E-state index in [0.717, 1.165) is 10.4 Å². The van der Waals surface area contributed by atoms with Crippen molar-refractivity contribution < 1.29 is 9.21 Å². The maximum atomic E-state index is 12.8. The Morgan fingerprint density at radius 2 is 1.93 bits per heavy atom. The summed E-state index contributed by atoms with van der Waals surface area (Å²) in [5, 5.41) is 6.30. The summed E-state index contributed by atoms with van der Waals surface area (Å²) in [4.78, 5) is 27.7. The van der Waals surface area contributed by atoms with Gasteiger partial charge in [0.2, 0.25) is 5.91 Å². The number of benzene rings is 1. The molecule has 1 atom stereocenters. The molecule has 1 saturated heterocycles. The summed E-state index contributed by atoms with van der Waals surface area (Å²) in [5.41, 5.74) is 1.03. The summed E-state index contributed by atoms with van der Waals surface area (Å²) in [6.45, 7) is 3.18. The van der Waals surface area contributed by atoms with Gasteiger partial charge in [0, 0.05) is 13.1 Å². The molecule has 7 heteroatoms. The van der Waals surface area contributed by atoms with E-state index in [-0.39, 0.29) is 17.9 Å². The van der Waals surface area contributed by atoms with Gasteiger partial charge in [0.25, 0.3) is 5.89 Å². The molecule has 27 heavy (non-hydrogen) atoms. The van der Waals surface area contributed by atoms with Crippen LogP contribution in [0.15, 0.2) is 57.1 Å². The van der Waals surface area contributed by atoms with Gasteiger partial charge in [-0.2, -0.15) is 4.68 Å². The second-order valence-corrected chi connectivity index (χ2v) is 7.73. The van der Waals surface area contributed by atoms with Crippen molar-refractivity contribution in [2.75, 3.05) is 13.1 Å². The number of rotatable bonds is 4. The van der Waals surface area contributed by atoms with E-state index in [9.17, 15) is 9.59 Å². The van der Waals surface area contributed by atoms with Crippen LogP contribution in [0.25, 0.3) is 10.8 Å². The molecule has 0 bridgehead atoms. The van der Waals surface area contributed by atoms with Crippen molar-refractivity contribution in [3.63, 3.8) is 0 Å². The van der Waals surface area contributed by atoms with Crippen LogP contribution >= 0.6 is 11.3 Å². The zero-order valence-electron chi connectivity index (χ0n) is 15.1. The molecule has 1 aliphatic heterocycles. The Labute approximate surface area is 161 Å². The molecule has 1 aromatic carbocycles. The van der Waals surface area contributed by atoms with Crippen LogP contribution in [0.2, 0.25) is 0 Å². The zero-order chi connectivity index (χ0) is 18.8. The normalized spacial score (nSPS) is 16.4. The lowest BCUT2D eigenvalue weighted by Gasteiger charge is -2.33. The van der Waals surface area contributed by atoms with Crippen molar-refractivity contribution in [3.8, 4) is 10.8 Å². The predicted molar refractivity (Wildman–Crippen MR) is 104 cm³/mol. The smallest absolute Gasteiger partial charge is 0.387 e. The monoisotopic (exact) mass is 383 g/mol. The molecule has 4 rings (SSSR count). The topological polar surface area (TPSA) is 68.3 Å². The number of aromatic nitrogens is 2. The van der Waals surface area contributed by atoms with Crippen molar-refractivity contribution >= 4 is 17.2 Å². The molecule has 1 fully saturated rings. The second kappa shape index (κ2) is 7.52. The summed E-state index contributed by atoms with van der Waals surface area (Å²) < 4.78 is 6.75. The SMILES string of the molecule is C[C@@H](C(=O)N1CCC(n2nc(-c3cccs3)oc2=O)CC1)c1ccccc1. The van der Waals surface area contributed by atoms with Crippen LogP contribution in [0.1, 0.15) is 37.3 Å². The van der Waals surface area contributed by atoms with Crippen LogP contribution in [-0.4, -0.2) is 33.7 Å². The van der Waals surface area contributed by atoms with E-state index in [2.05, 4.69) is 5.10 Å². The number of piperidine rings is 1. The molecule has 0 unspecified atom stereocenters. The highest BCUT2D eigenvalue weighted by Gasteiger charge is 2.29. The maximum absolute atomic E-state index is 12.8. The van der Waals surface area contributed by atoms with Gasteiger partial charge in [0.15, 0.2) is 0 Å². The van der Waals surface area contributed by atoms with Crippen LogP contribution < -0.4 is 5.76 Å². The minimum Gasteiger partial charge on any atom is -0.387 e. The average Bonchev–Trinajstić information content (AvgIpc) is 3.37. The Balaban J connectivity index is 1.42. The number of likely N-dealkylation sites (tertiary alicyclic amines) is 1. The Morgan fingerprint density at radius 3 is 2.59 bits per heavy atom. The van der Waals surface area contributed by atoms with Crippen molar-refractivity contribution in [1.82, 2.24) is 14.7 Å². The number of carbonyl (C=O) groups is 1. The highest BCUT2D eigenvalue weighted by atomic mass is 32.1. The Morgan fingerprint density at radius 1 is 1.19 bits per heavy atom. The van der Waals surface area contributed by atoms with Crippen LogP contribution in [0.3, 0.4) is 0 Å². The molecule has 1 amide bonds. The van der Waals surface area contributed by atoms with E-state index < -0.39 is 5.76 Å². The number of carbonyl (C=O) groups excluding carboxylic acids is 1. The van der Waals surface area contributed by atoms with E-state index in [1.165, 1.54) is 16.0 Å². The molecule has 3 heterocycles. The number of hydrogen-bond donors (Lipinski definition) is 0. The van der Waals surface area contributed by atoms with Crippen LogP contribution in [0, 0.1) is 0 Å². The van der Waals surface area contributed by atoms with Crippen molar-refractivity contribution in [3.05, 3.63) is 64.0 Å². The third kappa shape index (κ3) is 3.60. The van der Waals surface area contributed by atoms with Crippen molar-refractivity contribution in [2.24, 2.45) is 0 Å². The fraction of sp³-hybridized carbons (Fsp3) is 0.350. The highest BCUT2D eigenvalue weighted by Crippen LogP contribution is 2.27. The van der Waals surface area contributed by atoms with Gasteiger partial charge in [0.1, 0.15) is 0 Å². The minimum atomic E-state index is -0.430. The van der Waals surface area contributed by atoms with Crippen LogP contribution in [0.4, 0.5) is 0 Å². The van der Waals surface area contributed by atoms with Crippen molar-refractivity contribution in [1.29, 1.82) is 0 Å². The van der Waals surface area contributed by atoms with E-state index in [1.54, 1.807) is 0 Å². The molecule has 0 spiro atoms. The van der Waals surface area contributed by atoms with Gasteiger partial charge in [0.05, 0.1) is 16.8 Å². The van der Waals surface area contributed by atoms with Gasteiger partial charge in [-0.05, 0) is 36.8 Å². The highest BCUT2D eigenvalue weighted by molar-refractivity contribution is 7.13. The standard InChI is InChI=1S/C20H21N3O3S/c1-14(15-6-3-2-4-7-15)19(24)22-11-9-16(10-12-22)23-20(25)26-18(21-23)17-8-5-13-27-17/h2-8,13-14,16H,9-12H2,1H3/t14-/m1/s1. The Bertz CT molecular complexity index is 954. The summed E-state index contributed by atoms with van der Waals surface area (Å²) in [6, 6.07) is 13.6. The molecule has 6 nitrogen and oxygen atoms in total. The average molecular weight is 383 g/mol. The quantitative estimate of drug-likeness (QED) is 0.691. The molecule has 0 aliphatic carbocycles. The van der Waals surface area contributed by atoms with Crippen LogP contribution in [-0.2, 0) is 4.79 Å². The lowest BCUT2D eigenvalue weighted by atomic mass is 9.97. The first-order valence-electron chi connectivity index (χ1n) is 9.11. The number of hydrogen-bond acceptors (Lipinski definition) is 5. The van der Waals surface area contributed by atoms with E-state index in [0.29, 0.717) is 31.8 Å². The predicted octanol–water partition coefficient (Wildman–Crippen LogP) is 3.53. The van der Waals surface area contributed by atoms with Gasteiger partial charge >= 0.3 is 5.76 Å². The van der Waals surface area contributed by atoms with Gasteiger partial charge in [-0.1, -0.05) is 36.4 Å². The molecular weight excluding hydrogens is 362 g/mol. The molecule has 1 aliphatic rings. The molecule has 0 saturated carbocycles. The third-order valence-electron chi connectivity index (χ3n) is 5.09. The molecule has 0 radical (unpaired) electrons. The number of thiophene rings is 1. The lowest BCUT2D eigenvalue weighted by molar-refractivity contribution is -0.133. The first-order valence-corrected chi connectivity index (χ1v) is 9.98. The first kappa shape index (κ1) is 17.7. The van der Waals surface area contributed by atoms with Gasteiger partial charge in [-0.15, -0.1) is 16.4 Å². The Hall–Kier alpha value is -2.67. The molecular formula is C20H21N3O3S. The fourth-order valence-electron chi connectivity index (χ4n) is 3.51. The molecule has 140 valence electrons. The first-order chi connectivity index (χ1) is 13.1. The summed E-state index contributed by atoms with van der Waals surface area (Å²) >= 11 is 1.49. The number of nitrogens with zero attached hydrogens (tertiary/aromatic N) is 3. The number of amides is 1. The fourth-order valence-corrected chi connectivity index (χ4v) is 4.15. The van der Waals surface area contributed by atoms with E-state index >= 15 is 0 Å². The van der Waals surface area contributed by atoms with Gasteiger partial charge < -0.3 is 9.32 Å². The van der Waals surface area contributed by atoms with Crippen LogP contribution in [0.5, 0.6) is 0 Å². The van der Waals surface area contributed by atoms with Gasteiger partial charge in [-0.25, -0.2) is 4.79 Å². The van der Waals surface area contributed by atoms with Gasteiger partial charge in [-0.3, -0.25) is 4.79 Å². The third-order valence-corrected chi connectivity index (χ3v) is 5.95. The molecule has 0 N–H and O–H groups in total. The van der Waals surface area contributed by atoms with Crippen molar-refractivity contribution in [2.45, 2.75) is 31.7 Å². The van der Waals surface area contributed by atoms with E-state index in [4.69, 9.17) is 4.42 Å². The second-order valence-electron chi connectivity index (χ2n) is 6.78. The summed E-state index contributed by atoms with van der Waals surface area (Å²) in [6.07, 6.45) is 1.40. The summed E-state index contributed by atoms with van der Waals surface area (Å²) in [7, 11) is 0. The lowest BCUT2D eigenvalue weighted by Crippen LogP contribution is -2.42. The molecule has 2 aromatic heterocycles. The minimum absolute atomic E-state index is 0.0361.